The average Bonchev–Trinajstić information content (AvgIpc) is 2.67. The quantitative estimate of drug-likeness (QED) is 0.199. The fourth-order valence-corrected chi connectivity index (χ4v) is 4.25. The summed E-state index contributed by atoms with van der Waals surface area (Å²) in [5.74, 6) is 1.51. The Balaban J connectivity index is 4.48. The number of rotatable bonds is 20. The third kappa shape index (κ3) is 11.7. The monoisotopic (exact) mass is 416 g/mol. The van der Waals surface area contributed by atoms with E-state index in [1.807, 2.05) is 0 Å². The maximum Gasteiger partial charge on any atom is 0.0770 e. The lowest BCUT2D eigenvalue weighted by Crippen LogP contribution is -2.55. The molecule has 0 atom stereocenters. The van der Waals surface area contributed by atoms with Crippen LogP contribution in [0.5, 0.6) is 0 Å². The molecule has 0 aliphatic rings. The molecule has 0 aliphatic heterocycles. The van der Waals surface area contributed by atoms with Gasteiger partial charge in [-0.15, -0.1) is 0 Å². The Morgan fingerprint density at radius 3 is 1.14 bits per heavy atom. The Labute approximate surface area is 181 Å². The van der Waals surface area contributed by atoms with E-state index < -0.39 is 11.0 Å². The second-order valence-electron chi connectivity index (χ2n) is 10.2. The van der Waals surface area contributed by atoms with Crippen LogP contribution in [0.15, 0.2) is 0 Å². The second-order valence-corrected chi connectivity index (χ2v) is 10.2. The van der Waals surface area contributed by atoms with Gasteiger partial charge in [0, 0.05) is 0 Å². The number of unbranched alkanes of at least 4 members (excludes halogenated alkanes) is 8. The molecule has 0 radical (unpaired) electrons. The van der Waals surface area contributed by atoms with Gasteiger partial charge in [-0.3, -0.25) is 0 Å². The maximum atomic E-state index is 11.4. The maximum absolute atomic E-state index is 11.4. The van der Waals surface area contributed by atoms with Crippen LogP contribution in [0.1, 0.15) is 118 Å². The number of aliphatic hydroxyl groups is 4. The molecule has 176 valence electrons. The first-order chi connectivity index (χ1) is 13.8. The molecule has 0 aliphatic carbocycles. The SMILES string of the molecule is CC(C)CCCCCCCC(O)(CCCCCCCC(C)C)C(CO)(CO)CO. The summed E-state index contributed by atoms with van der Waals surface area (Å²) in [5.41, 5.74) is -2.43. The highest BCUT2D eigenvalue weighted by molar-refractivity contribution is 4.98. The molecule has 0 fully saturated rings. The molecule has 0 aromatic carbocycles. The van der Waals surface area contributed by atoms with Crippen molar-refractivity contribution in [3.8, 4) is 0 Å². The lowest BCUT2D eigenvalue weighted by Gasteiger charge is -2.44. The molecule has 0 rings (SSSR count). The normalized spacial score (nSPS) is 13.0. The number of hydrogen-bond acceptors (Lipinski definition) is 4. The van der Waals surface area contributed by atoms with Crippen molar-refractivity contribution in [2.45, 2.75) is 123 Å². The van der Waals surface area contributed by atoms with E-state index in [1.54, 1.807) is 0 Å². The van der Waals surface area contributed by atoms with Gasteiger partial charge in [0.05, 0.1) is 30.8 Å². The average molecular weight is 417 g/mol. The zero-order chi connectivity index (χ0) is 22.2. The van der Waals surface area contributed by atoms with Crippen LogP contribution in [0.25, 0.3) is 0 Å². The molecule has 0 saturated heterocycles. The van der Waals surface area contributed by atoms with Crippen LogP contribution in [-0.4, -0.2) is 45.8 Å². The van der Waals surface area contributed by atoms with Gasteiger partial charge in [-0.05, 0) is 24.7 Å². The Morgan fingerprint density at radius 1 is 0.517 bits per heavy atom. The summed E-state index contributed by atoms with van der Waals surface area (Å²) < 4.78 is 0. The summed E-state index contributed by atoms with van der Waals surface area (Å²) in [4.78, 5) is 0. The van der Waals surface area contributed by atoms with E-state index >= 15 is 0 Å². The van der Waals surface area contributed by atoms with E-state index in [1.165, 1.54) is 38.5 Å². The molecule has 4 N–H and O–H groups in total. The molecule has 0 bridgehead atoms. The van der Waals surface area contributed by atoms with Gasteiger partial charge in [0.25, 0.3) is 0 Å². The molecule has 4 heteroatoms. The predicted molar refractivity (Wildman–Crippen MR) is 123 cm³/mol. The van der Waals surface area contributed by atoms with Crippen LogP contribution < -0.4 is 0 Å². The fraction of sp³-hybridized carbons (Fsp3) is 1.00. The first-order valence-corrected chi connectivity index (χ1v) is 12.3. The van der Waals surface area contributed by atoms with Crippen molar-refractivity contribution >= 4 is 0 Å². The molecule has 29 heavy (non-hydrogen) atoms. The van der Waals surface area contributed by atoms with E-state index in [0.29, 0.717) is 12.8 Å². The summed E-state index contributed by atoms with van der Waals surface area (Å²) in [6, 6.07) is 0. The van der Waals surface area contributed by atoms with Gasteiger partial charge in [-0.25, -0.2) is 0 Å². The van der Waals surface area contributed by atoms with Crippen LogP contribution >= 0.6 is 0 Å². The molecular formula is C25H52O4. The molecule has 0 aromatic heterocycles. The van der Waals surface area contributed by atoms with E-state index in [9.17, 15) is 20.4 Å². The lowest BCUT2D eigenvalue weighted by molar-refractivity contribution is -0.162. The summed E-state index contributed by atoms with van der Waals surface area (Å²) in [5, 5.41) is 41.0. The minimum atomic E-state index is -1.22. The third-order valence-corrected chi connectivity index (χ3v) is 6.64. The summed E-state index contributed by atoms with van der Waals surface area (Å²) in [6.07, 6.45) is 14.7. The van der Waals surface area contributed by atoms with Crippen molar-refractivity contribution in [3.63, 3.8) is 0 Å². The highest BCUT2D eigenvalue weighted by Crippen LogP contribution is 2.39. The molecule has 0 unspecified atom stereocenters. The Hall–Kier alpha value is -0.160. The van der Waals surface area contributed by atoms with E-state index in [0.717, 1.165) is 50.4 Å². The third-order valence-electron chi connectivity index (χ3n) is 6.64. The van der Waals surface area contributed by atoms with Gasteiger partial charge in [-0.2, -0.15) is 0 Å². The van der Waals surface area contributed by atoms with Crippen LogP contribution in [-0.2, 0) is 0 Å². The van der Waals surface area contributed by atoms with Crippen molar-refractivity contribution in [2.24, 2.45) is 17.3 Å². The van der Waals surface area contributed by atoms with Crippen LogP contribution in [0.4, 0.5) is 0 Å². The molecule has 4 nitrogen and oxygen atoms in total. The van der Waals surface area contributed by atoms with Crippen LogP contribution in [0, 0.1) is 17.3 Å². The van der Waals surface area contributed by atoms with Gasteiger partial charge < -0.3 is 20.4 Å². The molecular weight excluding hydrogens is 364 g/mol. The zero-order valence-electron chi connectivity index (χ0n) is 20.0. The highest BCUT2D eigenvalue weighted by Gasteiger charge is 2.48. The van der Waals surface area contributed by atoms with Gasteiger partial charge in [0.2, 0.25) is 0 Å². The van der Waals surface area contributed by atoms with Crippen molar-refractivity contribution in [2.75, 3.05) is 19.8 Å². The standard InChI is InChI=1S/C25H52O4/c1-22(2)15-11-7-5-9-13-17-25(29,24(19-26,20-27)21-28)18-14-10-6-8-12-16-23(3)4/h22-23,26-29H,5-21H2,1-4H3. The van der Waals surface area contributed by atoms with Crippen molar-refractivity contribution in [3.05, 3.63) is 0 Å². The Kier molecular flexibility index (Phi) is 16.4. The minimum Gasteiger partial charge on any atom is -0.395 e. The van der Waals surface area contributed by atoms with Crippen LogP contribution in [0.3, 0.4) is 0 Å². The number of aliphatic hydroxyl groups excluding tert-OH is 3. The molecule has 0 saturated carbocycles. The molecule has 0 spiro atoms. The Morgan fingerprint density at radius 2 is 0.828 bits per heavy atom. The van der Waals surface area contributed by atoms with E-state index in [-0.39, 0.29) is 19.8 Å². The van der Waals surface area contributed by atoms with Crippen LogP contribution in [0.2, 0.25) is 0 Å². The molecule has 0 aromatic rings. The number of hydrogen-bond donors (Lipinski definition) is 4. The first kappa shape index (κ1) is 28.8. The summed E-state index contributed by atoms with van der Waals surface area (Å²) >= 11 is 0. The van der Waals surface area contributed by atoms with Gasteiger partial charge in [-0.1, -0.05) is 105 Å². The fourth-order valence-electron chi connectivity index (χ4n) is 4.25. The van der Waals surface area contributed by atoms with Crippen molar-refractivity contribution < 1.29 is 20.4 Å². The summed E-state index contributed by atoms with van der Waals surface area (Å²) in [6.45, 7) is 7.84. The molecule has 0 heterocycles. The first-order valence-electron chi connectivity index (χ1n) is 12.3. The lowest BCUT2D eigenvalue weighted by atomic mass is 9.68. The zero-order valence-corrected chi connectivity index (χ0v) is 20.0. The van der Waals surface area contributed by atoms with Gasteiger partial charge in [0.1, 0.15) is 0 Å². The van der Waals surface area contributed by atoms with Crippen molar-refractivity contribution in [1.29, 1.82) is 0 Å². The second kappa shape index (κ2) is 16.5. The minimum absolute atomic E-state index is 0.390. The topological polar surface area (TPSA) is 80.9 Å². The van der Waals surface area contributed by atoms with Gasteiger partial charge in [0.15, 0.2) is 0 Å². The summed E-state index contributed by atoms with van der Waals surface area (Å²) in [7, 11) is 0. The smallest absolute Gasteiger partial charge is 0.0770 e. The Bertz CT molecular complexity index is 334. The van der Waals surface area contributed by atoms with Crippen molar-refractivity contribution in [1.82, 2.24) is 0 Å². The highest BCUT2D eigenvalue weighted by atomic mass is 16.3. The van der Waals surface area contributed by atoms with E-state index in [4.69, 9.17) is 0 Å². The predicted octanol–water partition coefficient (Wildman–Crippen LogP) is 5.45. The largest absolute Gasteiger partial charge is 0.395 e. The van der Waals surface area contributed by atoms with E-state index in [2.05, 4.69) is 27.7 Å². The molecule has 0 amide bonds. The van der Waals surface area contributed by atoms with Gasteiger partial charge >= 0.3 is 0 Å².